The Hall–Kier alpha value is -3.49. The molecule has 32 heavy (non-hydrogen) atoms. The summed E-state index contributed by atoms with van der Waals surface area (Å²) in [6.45, 7) is 5.63. The molecule has 0 saturated carbocycles. The number of H-pyrrole nitrogens is 1. The fourth-order valence-electron chi connectivity index (χ4n) is 3.45. The molecule has 0 aliphatic carbocycles. The van der Waals surface area contributed by atoms with Crippen LogP contribution in [0, 0.1) is 0 Å². The molecule has 3 rings (SSSR count). The number of anilines is 2. The van der Waals surface area contributed by atoms with Gasteiger partial charge in [-0.25, -0.2) is 4.79 Å². The van der Waals surface area contributed by atoms with E-state index in [1.54, 1.807) is 18.2 Å². The van der Waals surface area contributed by atoms with Crippen LogP contribution in [0.2, 0.25) is 0 Å². The first-order chi connectivity index (χ1) is 15.5. The van der Waals surface area contributed by atoms with Gasteiger partial charge in [-0.2, -0.15) is 0 Å². The van der Waals surface area contributed by atoms with E-state index in [1.807, 2.05) is 19.9 Å². The summed E-state index contributed by atoms with van der Waals surface area (Å²) < 4.78 is 12.4. The fourth-order valence-corrected chi connectivity index (χ4v) is 3.45. The van der Waals surface area contributed by atoms with Crippen molar-refractivity contribution in [1.29, 1.82) is 0 Å². The number of carbonyl (C=O) groups excluding carboxylic acids is 1. The number of hydrogen-bond donors (Lipinski definition) is 2. The minimum Gasteiger partial charge on any atom is -0.486 e. The van der Waals surface area contributed by atoms with Crippen LogP contribution < -0.4 is 31.4 Å². The van der Waals surface area contributed by atoms with Crippen molar-refractivity contribution in [3.8, 4) is 11.5 Å². The van der Waals surface area contributed by atoms with Crippen LogP contribution in [0.4, 0.5) is 11.5 Å². The molecule has 0 radical (unpaired) electrons. The van der Waals surface area contributed by atoms with E-state index in [0.717, 1.165) is 24.8 Å². The zero-order valence-corrected chi connectivity index (χ0v) is 18.6. The molecule has 172 valence electrons. The van der Waals surface area contributed by atoms with Crippen LogP contribution in [0.1, 0.15) is 45.1 Å². The maximum Gasteiger partial charge on any atom is 0.330 e. The molecule has 1 amide bonds. The highest BCUT2D eigenvalue weighted by Crippen LogP contribution is 2.31. The molecular formula is C23H30N4O5. The molecule has 9 nitrogen and oxygen atoms in total. The molecule has 1 aliphatic rings. The van der Waals surface area contributed by atoms with Crippen LogP contribution in [0.5, 0.6) is 11.5 Å². The Morgan fingerprint density at radius 2 is 1.88 bits per heavy atom. The lowest BCUT2D eigenvalue weighted by atomic mass is 10.1. The highest BCUT2D eigenvalue weighted by atomic mass is 16.6. The SMILES string of the molecule is CCCCN(C(=O)C=Cc1ccc2c(c1)OCCO2)c1c(N)n(CCCC)c(=O)[nH]c1=O. The summed E-state index contributed by atoms with van der Waals surface area (Å²) in [5.41, 5.74) is 5.74. The lowest BCUT2D eigenvalue weighted by Gasteiger charge is -2.23. The molecule has 1 aromatic heterocycles. The molecule has 2 aromatic rings. The number of ether oxygens (including phenoxy) is 2. The average Bonchev–Trinajstić information content (AvgIpc) is 2.79. The summed E-state index contributed by atoms with van der Waals surface area (Å²) in [7, 11) is 0. The van der Waals surface area contributed by atoms with E-state index in [-0.39, 0.29) is 11.5 Å². The Labute approximate surface area is 186 Å². The second-order valence-electron chi connectivity index (χ2n) is 7.58. The Kier molecular flexibility index (Phi) is 7.75. The number of nitrogens with zero attached hydrogens (tertiary/aromatic N) is 2. The summed E-state index contributed by atoms with van der Waals surface area (Å²) in [6, 6.07) is 5.40. The third-order valence-electron chi connectivity index (χ3n) is 5.21. The molecule has 9 heteroatoms. The third kappa shape index (κ3) is 5.22. The van der Waals surface area contributed by atoms with E-state index in [4.69, 9.17) is 15.2 Å². The van der Waals surface area contributed by atoms with Crippen molar-refractivity contribution in [3.05, 3.63) is 50.7 Å². The largest absolute Gasteiger partial charge is 0.486 e. The molecule has 1 aromatic carbocycles. The zero-order chi connectivity index (χ0) is 23.1. The van der Waals surface area contributed by atoms with Crippen molar-refractivity contribution >= 4 is 23.5 Å². The highest BCUT2D eigenvalue weighted by Gasteiger charge is 2.22. The molecule has 1 aliphatic heterocycles. The van der Waals surface area contributed by atoms with Gasteiger partial charge in [0.25, 0.3) is 11.5 Å². The smallest absolute Gasteiger partial charge is 0.330 e. The van der Waals surface area contributed by atoms with Crippen LogP contribution in [0.3, 0.4) is 0 Å². The Bertz CT molecular complexity index is 1100. The first kappa shape index (κ1) is 23.2. The number of nitrogen functional groups attached to an aromatic ring is 1. The van der Waals surface area contributed by atoms with Crippen molar-refractivity contribution < 1.29 is 14.3 Å². The molecule has 2 heterocycles. The second kappa shape index (κ2) is 10.7. The van der Waals surface area contributed by atoms with Gasteiger partial charge in [0.05, 0.1) is 0 Å². The van der Waals surface area contributed by atoms with E-state index in [1.165, 1.54) is 15.5 Å². The first-order valence-corrected chi connectivity index (χ1v) is 11.0. The van der Waals surface area contributed by atoms with Crippen LogP contribution >= 0.6 is 0 Å². The highest BCUT2D eigenvalue weighted by molar-refractivity contribution is 6.05. The van der Waals surface area contributed by atoms with Gasteiger partial charge >= 0.3 is 5.69 Å². The number of amides is 1. The van der Waals surface area contributed by atoms with Crippen LogP contribution in [-0.4, -0.2) is 35.2 Å². The standard InChI is InChI=1S/C23H30N4O5/c1-3-5-11-26(20-21(24)27(12-6-4-2)23(30)25-22(20)29)19(28)10-8-16-7-9-17-18(15-16)32-14-13-31-17/h7-10,15H,3-6,11-14,24H2,1-2H3,(H,25,29,30). The number of aromatic nitrogens is 2. The van der Waals surface area contributed by atoms with Gasteiger partial charge in [-0.3, -0.25) is 19.1 Å². The van der Waals surface area contributed by atoms with Gasteiger partial charge in [-0.1, -0.05) is 32.8 Å². The average molecular weight is 443 g/mol. The van der Waals surface area contributed by atoms with Gasteiger partial charge in [-0.15, -0.1) is 0 Å². The predicted octanol–water partition coefficient (Wildman–Crippen LogP) is 2.54. The summed E-state index contributed by atoms with van der Waals surface area (Å²) in [5.74, 6) is 0.894. The van der Waals surface area contributed by atoms with Crippen molar-refractivity contribution in [2.24, 2.45) is 0 Å². The normalized spacial score (nSPS) is 12.8. The summed E-state index contributed by atoms with van der Waals surface area (Å²) in [5, 5.41) is 0. The lowest BCUT2D eigenvalue weighted by Crippen LogP contribution is -2.41. The number of unbranched alkanes of at least 4 members (excludes halogenated alkanes) is 2. The lowest BCUT2D eigenvalue weighted by molar-refractivity contribution is -0.114. The van der Waals surface area contributed by atoms with E-state index in [2.05, 4.69) is 4.98 Å². The monoisotopic (exact) mass is 442 g/mol. The van der Waals surface area contributed by atoms with E-state index >= 15 is 0 Å². The number of carbonyl (C=O) groups is 1. The molecule has 0 saturated heterocycles. The molecule has 0 spiro atoms. The molecular weight excluding hydrogens is 412 g/mol. The number of benzene rings is 1. The summed E-state index contributed by atoms with van der Waals surface area (Å²) in [4.78, 5) is 41.6. The van der Waals surface area contributed by atoms with Crippen molar-refractivity contribution in [2.45, 2.75) is 46.1 Å². The van der Waals surface area contributed by atoms with Gasteiger partial charge in [-0.05, 0) is 36.6 Å². The molecule has 0 unspecified atom stereocenters. The quantitative estimate of drug-likeness (QED) is 0.576. The van der Waals surface area contributed by atoms with E-state index in [9.17, 15) is 14.4 Å². The van der Waals surface area contributed by atoms with Crippen molar-refractivity contribution in [3.63, 3.8) is 0 Å². The minimum atomic E-state index is -0.669. The number of rotatable bonds is 9. The van der Waals surface area contributed by atoms with Crippen LogP contribution in [0.25, 0.3) is 6.08 Å². The number of hydrogen-bond acceptors (Lipinski definition) is 6. The van der Waals surface area contributed by atoms with E-state index in [0.29, 0.717) is 44.2 Å². The van der Waals surface area contributed by atoms with Crippen molar-refractivity contribution in [2.75, 3.05) is 30.4 Å². The number of nitrogens with one attached hydrogen (secondary N) is 1. The summed E-state index contributed by atoms with van der Waals surface area (Å²) in [6.07, 6.45) is 6.12. The first-order valence-electron chi connectivity index (χ1n) is 11.0. The molecule has 3 N–H and O–H groups in total. The molecule has 0 atom stereocenters. The van der Waals surface area contributed by atoms with Gasteiger partial charge in [0.1, 0.15) is 19.0 Å². The van der Waals surface area contributed by atoms with Crippen molar-refractivity contribution in [1.82, 2.24) is 9.55 Å². The summed E-state index contributed by atoms with van der Waals surface area (Å²) >= 11 is 0. The Balaban J connectivity index is 1.92. The Morgan fingerprint density at radius 3 is 2.59 bits per heavy atom. The molecule has 0 bridgehead atoms. The third-order valence-corrected chi connectivity index (χ3v) is 5.21. The predicted molar refractivity (Wildman–Crippen MR) is 124 cm³/mol. The zero-order valence-electron chi connectivity index (χ0n) is 18.6. The Morgan fingerprint density at radius 1 is 1.16 bits per heavy atom. The number of aromatic amines is 1. The van der Waals surface area contributed by atoms with Gasteiger partial charge in [0, 0.05) is 19.2 Å². The maximum absolute atomic E-state index is 13.1. The second-order valence-corrected chi connectivity index (χ2v) is 7.58. The van der Waals surface area contributed by atoms with Crippen LogP contribution in [0.15, 0.2) is 33.9 Å². The fraction of sp³-hybridized carbons (Fsp3) is 0.435. The van der Waals surface area contributed by atoms with Gasteiger partial charge in [0.2, 0.25) is 0 Å². The minimum absolute atomic E-state index is 0.00406. The van der Waals surface area contributed by atoms with E-state index < -0.39 is 17.2 Å². The van der Waals surface area contributed by atoms with Gasteiger partial charge < -0.3 is 20.1 Å². The maximum atomic E-state index is 13.1. The van der Waals surface area contributed by atoms with Crippen LogP contribution in [-0.2, 0) is 11.3 Å². The molecule has 0 fully saturated rings. The number of fused-ring (bicyclic) bond motifs is 1. The van der Waals surface area contributed by atoms with Gasteiger partial charge in [0.15, 0.2) is 17.2 Å². The number of nitrogens with two attached hydrogens (primary N) is 1. The topological polar surface area (TPSA) is 120 Å².